The Morgan fingerprint density at radius 3 is 2.53 bits per heavy atom. The van der Waals surface area contributed by atoms with E-state index in [9.17, 15) is 10.1 Å². The number of alkyl halides is 1. The highest BCUT2D eigenvalue weighted by Gasteiger charge is 2.12. The molecule has 0 saturated carbocycles. The summed E-state index contributed by atoms with van der Waals surface area (Å²) in [7, 11) is 0. The van der Waals surface area contributed by atoms with Gasteiger partial charge in [0.15, 0.2) is 0 Å². The van der Waals surface area contributed by atoms with Crippen LogP contribution in [0.4, 0.5) is 5.69 Å². The van der Waals surface area contributed by atoms with Gasteiger partial charge in [-0.3, -0.25) is 10.1 Å². The van der Waals surface area contributed by atoms with Gasteiger partial charge in [-0.1, -0.05) is 35.8 Å². The molecule has 0 radical (unpaired) electrons. The highest BCUT2D eigenvalue weighted by atomic mass is 79.9. The third-order valence-corrected chi connectivity index (χ3v) is 3.34. The Bertz CT molecular complexity index is 404. The van der Waals surface area contributed by atoms with E-state index in [0.29, 0.717) is 10.7 Å². The highest BCUT2D eigenvalue weighted by Crippen LogP contribution is 2.22. The van der Waals surface area contributed by atoms with Crippen molar-refractivity contribution >= 4 is 21.6 Å². The second kappa shape index (κ2) is 6.15. The first-order valence-electron chi connectivity index (χ1n) is 5.78. The van der Waals surface area contributed by atoms with Crippen LogP contribution in [-0.4, -0.2) is 9.75 Å². The molecule has 17 heavy (non-hydrogen) atoms. The first kappa shape index (κ1) is 14.2. The molecule has 1 unspecified atom stereocenters. The van der Waals surface area contributed by atoms with E-state index in [1.165, 1.54) is 0 Å². The van der Waals surface area contributed by atoms with Crippen LogP contribution in [0.2, 0.25) is 0 Å². The Hall–Kier alpha value is -0.900. The Kier molecular flexibility index (Phi) is 5.12. The summed E-state index contributed by atoms with van der Waals surface area (Å²) in [6, 6.07) is 5.35. The molecule has 0 aromatic heterocycles. The van der Waals surface area contributed by atoms with Gasteiger partial charge < -0.3 is 0 Å². The topological polar surface area (TPSA) is 43.1 Å². The van der Waals surface area contributed by atoms with E-state index >= 15 is 0 Å². The SMILES string of the molecule is Cc1cc(CC(Br)CC(C)C)ccc1[N+](=O)[O-]. The van der Waals surface area contributed by atoms with Crippen molar-refractivity contribution in [3.8, 4) is 0 Å². The summed E-state index contributed by atoms with van der Waals surface area (Å²) >= 11 is 3.65. The van der Waals surface area contributed by atoms with Gasteiger partial charge in [0.25, 0.3) is 5.69 Å². The molecular weight excluding hydrogens is 282 g/mol. The molecule has 0 aliphatic heterocycles. The first-order valence-corrected chi connectivity index (χ1v) is 6.69. The number of rotatable bonds is 5. The van der Waals surface area contributed by atoms with E-state index in [4.69, 9.17) is 0 Å². The number of benzene rings is 1. The van der Waals surface area contributed by atoms with Crippen LogP contribution in [0, 0.1) is 23.0 Å². The molecule has 0 heterocycles. The maximum Gasteiger partial charge on any atom is 0.272 e. The number of nitro benzene ring substituents is 1. The van der Waals surface area contributed by atoms with E-state index < -0.39 is 0 Å². The van der Waals surface area contributed by atoms with Crippen LogP contribution in [0.3, 0.4) is 0 Å². The minimum Gasteiger partial charge on any atom is -0.258 e. The maximum atomic E-state index is 10.7. The van der Waals surface area contributed by atoms with Crippen molar-refractivity contribution in [2.75, 3.05) is 0 Å². The van der Waals surface area contributed by atoms with Crippen molar-refractivity contribution in [3.05, 3.63) is 39.4 Å². The Morgan fingerprint density at radius 2 is 2.06 bits per heavy atom. The predicted octanol–water partition coefficient (Wildman–Crippen LogP) is 4.26. The Labute approximate surface area is 111 Å². The van der Waals surface area contributed by atoms with E-state index in [1.807, 2.05) is 12.1 Å². The van der Waals surface area contributed by atoms with Gasteiger partial charge in [0.2, 0.25) is 0 Å². The number of aryl methyl sites for hydroxylation is 1. The summed E-state index contributed by atoms with van der Waals surface area (Å²) in [5.41, 5.74) is 2.08. The number of hydrogen-bond donors (Lipinski definition) is 0. The van der Waals surface area contributed by atoms with Crippen molar-refractivity contribution in [2.24, 2.45) is 5.92 Å². The zero-order valence-corrected chi connectivity index (χ0v) is 12.0. The molecular formula is C13H18BrNO2. The van der Waals surface area contributed by atoms with Crippen molar-refractivity contribution in [3.63, 3.8) is 0 Å². The molecule has 0 aliphatic carbocycles. The van der Waals surface area contributed by atoms with Crippen molar-refractivity contribution in [1.82, 2.24) is 0 Å². The molecule has 0 spiro atoms. The second-order valence-corrected chi connectivity index (χ2v) is 6.10. The molecule has 0 N–H and O–H groups in total. The number of nitrogens with zero attached hydrogens (tertiary/aromatic N) is 1. The van der Waals surface area contributed by atoms with Gasteiger partial charge in [-0.2, -0.15) is 0 Å². The highest BCUT2D eigenvalue weighted by molar-refractivity contribution is 9.09. The zero-order valence-electron chi connectivity index (χ0n) is 10.4. The summed E-state index contributed by atoms with van der Waals surface area (Å²) in [6.45, 7) is 6.16. The van der Waals surface area contributed by atoms with Crippen LogP contribution in [0.1, 0.15) is 31.4 Å². The van der Waals surface area contributed by atoms with Crippen LogP contribution in [-0.2, 0) is 6.42 Å². The van der Waals surface area contributed by atoms with Crippen molar-refractivity contribution < 1.29 is 4.92 Å². The van der Waals surface area contributed by atoms with Gasteiger partial charge in [0, 0.05) is 16.5 Å². The van der Waals surface area contributed by atoms with Gasteiger partial charge in [0.1, 0.15) is 0 Å². The number of nitro groups is 1. The lowest BCUT2D eigenvalue weighted by Gasteiger charge is -2.12. The van der Waals surface area contributed by atoms with Crippen molar-refractivity contribution in [2.45, 2.75) is 38.4 Å². The van der Waals surface area contributed by atoms with E-state index in [1.54, 1.807) is 13.0 Å². The van der Waals surface area contributed by atoms with Crippen LogP contribution in [0.25, 0.3) is 0 Å². The third kappa shape index (κ3) is 4.46. The lowest BCUT2D eigenvalue weighted by molar-refractivity contribution is -0.385. The van der Waals surface area contributed by atoms with Gasteiger partial charge in [-0.05, 0) is 37.3 Å². The minimum atomic E-state index is -0.334. The zero-order chi connectivity index (χ0) is 13.0. The van der Waals surface area contributed by atoms with Crippen LogP contribution >= 0.6 is 15.9 Å². The summed E-state index contributed by atoms with van der Waals surface area (Å²) < 4.78 is 0. The third-order valence-electron chi connectivity index (χ3n) is 2.64. The van der Waals surface area contributed by atoms with E-state index in [2.05, 4.69) is 29.8 Å². The largest absolute Gasteiger partial charge is 0.272 e. The average Bonchev–Trinajstić information content (AvgIpc) is 2.15. The molecule has 1 aromatic carbocycles. The summed E-state index contributed by atoms with van der Waals surface area (Å²) in [6.07, 6.45) is 2.02. The molecule has 4 heteroatoms. The Morgan fingerprint density at radius 1 is 1.41 bits per heavy atom. The predicted molar refractivity (Wildman–Crippen MR) is 73.7 cm³/mol. The molecule has 0 fully saturated rings. The van der Waals surface area contributed by atoms with E-state index in [-0.39, 0.29) is 10.6 Å². The maximum absolute atomic E-state index is 10.7. The Balaban J connectivity index is 2.74. The summed E-state index contributed by atoms with van der Waals surface area (Å²) in [5, 5.41) is 10.7. The molecule has 0 bridgehead atoms. The molecule has 1 atom stereocenters. The second-order valence-electron chi connectivity index (χ2n) is 4.81. The van der Waals surface area contributed by atoms with Crippen LogP contribution in [0.5, 0.6) is 0 Å². The summed E-state index contributed by atoms with van der Waals surface area (Å²) in [5.74, 6) is 0.651. The smallest absolute Gasteiger partial charge is 0.258 e. The molecule has 94 valence electrons. The van der Waals surface area contributed by atoms with Gasteiger partial charge in [0.05, 0.1) is 4.92 Å². The fourth-order valence-corrected chi connectivity index (χ4v) is 3.02. The normalized spacial score (nSPS) is 12.8. The molecule has 0 amide bonds. The van der Waals surface area contributed by atoms with Crippen LogP contribution in [0.15, 0.2) is 18.2 Å². The van der Waals surface area contributed by atoms with Gasteiger partial charge >= 0.3 is 0 Å². The molecule has 1 aromatic rings. The minimum absolute atomic E-state index is 0.198. The van der Waals surface area contributed by atoms with Gasteiger partial charge in [-0.25, -0.2) is 0 Å². The van der Waals surface area contributed by atoms with E-state index in [0.717, 1.165) is 24.0 Å². The number of halogens is 1. The van der Waals surface area contributed by atoms with Crippen molar-refractivity contribution in [1.29, 1.82) is 0 Å². The average molecular weight is 300 g/mol. The van der Waals surface area contributed by atoms with Crippen LogP contribution < -0.4 is 0 Å². The lowest BCUT2D eigenvalue weighted by atomic mass is 10.0. The van der Waals surface area contributed by atoms with Gasteiger partial charge in [-0.15, -0.1) is 0 Å². The molecule has 0 aliphatic rings. The number of hydrogen-bond acceptors (Lipinski definition) is 2. The first-order chi connectivity index (χ1) is 7.90. The molecule has 3 nitrogen and oxygen atoms in total. The molecule has 1 rings (SSSR count). The molecule has 0 saturated heterocycles. The fraction of sp³-hybridized carbons (Fsp3) is 0.538. The standard InChI is InChI=1S/C13H18BrNO2/c1-9(2)6-12(14)8-11-4-5-13(15(16)17)10(3)7-11/h4-5,7,9,12H,6,8H2,1-3H3. The lowest BCUT2D eigenvalue weighted by Crippen LogP contribution is -2.07. The monoisotopic (exact) mass is 299 g/mol. The fourth-order valence-electron chi connectivity index (χ4n) is 1.90. The quantitative estimate of drug-likeness (QED) is 0.463. The summed E-state index contributed by atoms with van der Waals surface area (Å²) in [4.78, 5) is 10.8.